The molecule has 2 aliphatic rings. The van der Waals surface area contributed by atoms with Crippen LogP contribution in [0.15, 0.2) is 30.4 Å². The number of amides is 1. The molecular weight excluding hydrogens is 300 g/mol. The van der Waals surface area contributed by atoms with Gasteiger partial charge < -0.3 is 15.2 Å². The minimum atomic E-state index is -1.23. The van der Waals surface area contributed by atoms with E-state index in [1.165, 1.54) is 6.07 Å². The van der Waals surface area contributed by atoms with Gasteiger partial charge in [-0.05, 0) is 31.2 Å². The summed E-state index contributed by atoms with van der Waals surface area (Å²) in [5.74, 6) is -3.50. The average Bonchev–Trinajstić information content (AvgIpc) is 3.09. The predicted octanol–water partition coefficient (Wildman–Crippen LogP) is 1.03. The van der Waals surface area contributed by atoms with Crippen LogP contribution in [0.1, 0.15) is 12.0 Å². The van der Waals surface area contributed by atoms with Crippen LogP contribution in [0.4, 0.5) is 11.4 Å². The van der Waals surface area contributed by atoms with Crippen LogP contribution in [-0.4, -0.2) is 16.8 Å². The van der Waals surface area contributed by atoms with Gasteiger partial charge in [0.1, 0.15) is 0 Å². The third-order valence-electron chi connectivity index (χ3n) is 4.71. The van der Waals surface area contributed by atoms with Crippen molar-refractivity contribution >= 4 is 23.3 Å². The van der Waals surface area contributed by atoms with Crippen molar-refractivity contribution in [3.63, 3.8) is 0 Å². The normalized spacial score (nSPS) is 27.9. The molecule has 23 heavy (non-hydrogen) atoms. The Morgan fingerprint density at radius 3 is 2.48 bits per heavy atom. The Morgan fingerprint density at radius 2 is 1.87 bits per heavy atom. The molecule has 7 nitrogen and oxygen atoms in total. The molecule has 1 aromatic carbocycles. The molecule has 3 rings (SSSR count). The fourth-order valence-electron chi connectivity index (χ4n) is 3.61. The first-order valence-electron chi connectivity index (χ1n) is 7.33. The number of hydrogen-bond donors (Lipinski definition) is 1. The summed E-state index contributed by atoms with van der Waals surface area (Å²) in [5.41, 5.74) is 0.687. The smallest absolute Gasteiger partial charge is 0.274 e. The maximum atomic E-state index is 12.5. The van der Waals surface area contributed by atoms with Crippen molar-refractivity contribution in [3.8, 4) is 0 Å². The Hall–Kier alpha value is -2.70. The molecule has 1 saturated carbocycles. The van der Waals surface area contributed by atoms with Crippen LogP contribution in [0.3, 0.4) is 0 Å². The van der Waals surface area contributed by atoms with Crippen LogP contribution in [0.2, 0.25) is 0 Å². The van der Waals surface area contributed by atoms with E-state index < -0.39 is 28.6 Å². The number of nitro benzene ring substituents is 1. The molecule has 120 valence electrons. The summed E-state index contributed by atoms with van der Waals surface area (Å²) in [6, 6.07) is 4.40. The van der Waals surface area contributed by atoms with Gasteiger partial charge in [0.2, 0.25) is 5.91 Å². The monoisotopic (exact) mass is 315 g/mol. The number of aliphatic carboxylic acids is 1. The van der Waals surface area contributed by atoms with Crippen molar-refractivity contribution in [2.75, 3.05) is 5.32 Å². The highest BCUT2D eigenvalue weighted by atomic mass is 16.6. The number of carboxylic acid groups (broad SMARTS) is 1. The molecule has 1 N–H and O–H groups in total. The number of carbonyl (C=O) groups excluding carboxylic acids is 2. The third-order valence-corrected chi connectivity index (χ3v) is 4.71. The van der Waals surface area contributed by atoms with Gasteiger partial charge in [-0.1, -0.05) is 18.2 Å². The number of rotatable bonds is 4. The maximum absolute atomic E-state index is 12.5. The van der Waals surface area contributed by atoms with Crippen molar-refractivity contribution in [2.45, 2.75) is 13.3 Å². The van der Waals surface area contributed by atoms with Gasteiger partial charge in [-0.3, -0.25) is 14.9 Å². The van der Waals surface area contributed by atoms with Gasteiger partial charge in [0.25, 0.3) is 5.69 Å². The van der Waals surface area contributed by atoms with Gasteiger partial charge in [-0.25, -0.2) is 0 Å². The number of nitro groups is 1. The zero-order valence-corrected chi connectivity index (χ0v) is 12.4. The van der Waals surface area contributed by atoms with Crippen LogP contribution >= 0.6 is 0 Å². The van der Waals surface area contributed by atoms with Crippen LogP contribution in [0, 0.1) is 40.7 Å². The first-order chi connectivity index (χ1) is 10.9. The van der Waals surface area contributed by atoms with E-state index in [2.05, 4.69) is 5.32 Å². The number of fused-ring (bicyclic) bond motifs is 2. The third kappa shape index (κ3) is 2.58. The van der Waals surface area contributed by atoms with Crippen molar-refractivity contribution in [2.24, 2.45) is 23.7 Å². The molecular formula is C16H15N2O5-. The highest BCUT2D eigenvalue weighted by Gasteiger charge is 2.48. The number of carbonyl (C=O) groups is 2. The number of nitrogens with one attached hydrogen (secondary N) is 1. The summed E-state index contributed by atoms with van der Waals surface area (Å²) in [5, 5.41) is 24.9. The van der Waals surface area contributed by atoms with Crippen LogP contribution < -0.4 is 10.4 Å². The molecule has 0 spiro atoms. The Labute approximate surface area is 132 Å². The fourth-order valence-corrected chi connectivity index (χ4v) is 3.61. The van der Waals surface area contributed by atoms with E-state index in [4.69, 9.17) is 0 Å². The Morgan fingerprint density at radius 1 is 1.22 bits per heavy atom. The lowest BCUT2D eigenvalue weighted by molar-refractivity contribution is -0.385. The largest absolute Gasteiger partial charge is 0.550 e. The van der Waals surface area contributed by atoms with E-state index >= 15 is 0 Å². The molecule has 7 heteroatoms. The highest BCUT2D eigenvalue weighted by Crippen LogP contribution is 2.48. The number of nitrogens with zero attached hydrogens (tertiary/aromatic N) is 1. The quantitative estimate of drug-likeness (QED) is 0.506. The van der Waals surface area contributed by atoms with Gasteiger partial charge in [0, 0.05) is 29.2 Å². The Kier molecular flexibility index (Phi) is 3.63. The SMILES string of the molecule is Cc1ccc(NC(=O)[C@@H]2[C@@H](C(=O)[O-])[C@H]3C=C[C@H]2C3)cc1[N+](=O)[O-]. The van der Waals surface area contributed by atoms with Crippen molar-refractivity contribution in [1.29, 1.82) is 0 Å². The highest BCUT2D eigenvalue weighted by molar-refractivity contribution is 5.96. The lowest BCUT2D eigenvalue weighted by Crippen LogP contribution is -2.42. The molecule has 2 bridgehead atoms. The number of benzene rings is 1. The predicted molar refractivity (Wildman–Crippen MR) is 79.2 cm³/mol. The Bertz CT molecular complexity index is 727. The van der Waals surface area contributed by atoms with Gasteiger partial charge in [-0.2, -0.15) is 0 Å². The molecule has 0 heterocycles. The van der Waals surface area contributed by atoms with Gasteiger partial charge in [0.15, 0.2) is 0 Å². The molecule has 1 amide bonds. The first-order valence-corrected chi connectivity index (χ1v) is 7.33. The molecule has 0 aliphatic heterocycles. The molecule has 2 aliphatic carbocycles. The molecule has 0 radical (unpaired) electrons. The van der Waals surface area contributed by atoms with E-state index in [0.29, 0.717) is 12.0 Å². The fraction of sp³-hybridized carbons (Fsp3) is 0.375. The number of anilines is 1. The molecule has 4 atom stereocenters. The van der Waals surface area contributed by atoms with E-state index in [1.54, 1.807) is 19.1 Å². The topological polar surface area (TPSA) is 112 Å². The first kappa shape index (κ1) is 15.2. The molecule has 1 aromatic rings. The number of hydrogen-bond acceptors (Lipinski definition) is 5. The number of allylic oxidation sites excluding steroid dienone is 2. The molecule has 0 saturated heterocycles. The van der Waals surface area contributed by atoms with E-state index in [9.17, 15) is 24.8 Å². The number of carboxylic acids is 1. The molecule has 0 aromatic heterocycles. The second kappa shape index (κ2) is 5.49. The minimum Gasteiger partial charge on any atom is -0.550 e. The van der Waals surface area contributed by atoms with E-state index in [0.717, 1.165) is 0 Å². The van der Waals surface area contributed by atoms with Gasteiger partial charge in [0.05, 0.1) is 10.8 Å². The summed E-state index contributed by atoms with van der Waals surface area (Å²) < 4.78 is 0. The standard InChI is InChI=1S/C16H16N2O5/c1-8-2-5-11(7-12(8)18(22)23)17-15(19)13-9-3-4-10(6-9)14(13)16(20)21/h2-5,7,9-10,13-14H,6H2,1H3,(H,17,19)(H,20,21)/p-1/t9-,10-,13-,14-/m0/s1. The van der Waals surface area contributed by atoms with Gasteiger partial charge in [-0.15, -0.1) is 0 Å². The zero-order chi connectivity index (χ0) is 16.7. The van der Waals surface area contributed by atoms with Crippen molar-refractivity contribution in [1.82, 2.24) is 0 Å². The van der Waals surface area contributed by atoms with Crippen molar-refractivity contribution < 1.29 is 19.6 Å². The lowest BCUT2D eigenvalue weighted by Gasteiger charge is -2.27. The van der Waals surface area contributed by atoms with Crippen molar-refractivity contribution in [3.05, 3.63) is 46.0 Å². The number of aryl methyl sites for hydroxylation is 1. The average molecular weight is 315 g/mol. The summed E-state index contributed by atoms with van der Waals surface area (Å²) in [6.45, 7) is 1.61. The minimum absolute atomic E-state index is 0.0907. The zero-order valence-electron chi connectivity index (χ0n) is 12.4. The van der Waals surface area contributed by atoms with Crippen LogP contribution in [0.5, 0.6) is 0 Å². The second-order valence-corrected chi connectivity index (χ2v) is 6.07. The maximum Gasteiger partial charge on any atom is 0.274 e. The molecule has 0 unspecified atom stereocenters. The Balaban J connectivity index is 1.82. The summed E-state index contributed by atoms with van der Waals surface area (Å²) in [4.78, 5) is 34.3. The second-order valence-electron chi connectivity index (χ2n) is 6.07. The summed E-state index contributed by atoms with van der Waals surface area (Å²) in [6.07, 6.45) is 4.32. The lowest BCUT2D eigenvalue weighted by atomic mass is 9.82. The van der Waals surface area contributed by atoms with Crippen LogP contribution in [-0.2, 0) is 9.59 Å². The van der Waals surface area contributed by atoms with Crippen LogP contribution in [0.25, 0.3) is 0 Å². The van der Waals surface area contributed by atoms with E-state index in [1.807, 2.05) is 12.2 Å². The van der Waals surface area contributed by atoms with E-state index in [-0.39, 0.29) is 23.2 Å². The van der Waals surface area contributed by atoms with Gasteiger partial charge >= 0.3 is 0 Å². The summed E-state index contributed by atoms with van der Waals surface area (Å²) in [7, 11) is 0. The summed E-state index contributed by atoms with van der Waals surface area (Å²) >= 11 is 0. The molecule has 1 fully saturated rings.